The van der Waals surface area contributed by atoms with Crippen LogP contribution in [0.4, 0.5) is 0 Å². The highest BCUT2D eigenvalue weighted by Gasteiger charge is 2.20. The number of nitrogens with one attached hydrogen (secondary N) is 2. The summed E-state index contributed by atoms with van der Waals surface area (Å²) in [6.45, 7) is 3.66. The van der Waals surface area contributed by atoms with Gasteiger partial charge < -0.3 is 10.6 Å². The summed E-state index contributed by atoms with van der Waals surface area (Å²) in [7, 11) is 0. The van der Waals surface area contributed by atoms with Gasteiger partial charge in [-0.15, -0.1) is 12.4 Å². The highest BCUT2D eigenvalue weighted by atomic mass is 35.5. The zero-order valence-electron chi connectivity index (χ0n) is 6.72. The van der Waals surface area contributed by atoms with Crippen LogP contribution in [-0.4, -0.2) is 25.0 Å². The van der Waals surface area contributed by atoms with Crippen LogP contribution in [0.3, 0.4) is 0 Å². The molecule has 4 heteroatoms. The van der Waals surface area contributed by atoms with Crippen LogP contribution >= 0.6 is 12.4 Å². The molecular weight excluding hydrogens is 164 g/mol. The Bertz CT molecular complexity index is 124. The molecule has 1 heterocycles. The van der Waals surface area contributed by atoms with E-state index in [0.717, 1.165) is 25.9 Å². The minimum absolute atomic E-state index is 0. The van der Waals surface area contributed by atoms with Crippen molar-refractivity contribution in [3.05, 3.63) is 0 Å². The largest absolute Gasteiger partial charge is 0.355 e. The molecule has 1 saturated heterocycles. The Morgan fingerprint density at radius 2 is 2.45 bits per heavy atom. The van der Waals surface area contributed by atoms with Crippen molar-refractivity contribution in [2.24, 2.45) is 0 Å². The molecule has 11 heavy (non-hydrogen) atoms. The third-order valence-electron chi connectivity index (χ3n) is 1.73. The average molecular weight is 179 g/mol. The van der Waals surface area contributed by atoms with Gasteiger partial charge in [-0.25, -0.2) is 0 Å². The smallest absolute Gasteiger partial charge is 0.237 e. The second-order valence-electron chi connectivity index (χ2n) is 2.54. The highest BCUT2D eigenvalue weighted by Crippen LogP contribution is 2.03. The molecule has 0 aromatic rings. The van der Waals surface area contributed by atoms with Crippen LogP contribution in [0.2, 0.25) is 0 Å². The fraction of sp³-hybridized carbons (Fsp3) is 0.857. The molecule has 0 bridgehead atoms. The van der Waals surface area contributed by atoms with Gasteiger partial charge in [-0.2, -0.15) is 0 Å². The quantitative estimate of drug-likeness (QED) is 0.639. The number of likely N-dealkylation sites (N-methyl/N-ethyl adjacent to an activating group) is 1. The summed E-state index contributed by atoms with van der Waals surface area (Å²) in [5.41, 5.74) is 0. The molecule has 0 aromatic heterocycles. The van der Waals surface area contributed by atoms with E-state index in [1.54, 1.807) is 0 Å². The van der Waals surface area contributed by atoms with Crippen LogP contribution in [-0.2, 0) is 4.79 Å². The van der Waals surface area contributed by atoms with Gasteiger partial charge in [0.05, 0.1) is 6.04 Å². The van der Waals surface area contributed by atoms with E-state index in [9.17, 15) is 4.79 Å². The van der Waals surface area contributed by atoms with Gasteiger partial charge in [-0.1, -0.05) is 0 Å². The van der Waals surface area contributed by atoms with E-state index in [2.05, 4.69) is 10.6 Å². The molecule has 1 amide bonds. The number of hydrogen-bond donors (Lipinski definition) is 2. The number of halogens is 1. The number of amides is 1. The molecule has 0 aliphatic carbocycles. The number of rotatable bonds is 2. The van der Waals surface area contributed by atoms with Crippen LogP contribution in [0.25, 0.3) is 0 Å². The van der Waals surface area contributed by atoms with Gasteiger partial charge in [0.2, 0.25) is 5.91 Å². The standard InChI is InChI=1S/C7H14N2O.ClH/c1-2-8-7(10)6-4-3-5-9-6;/h6,9H,2-5H2,1H3,(H,8,10);1H/t6-;/m0./s1. The van der Waals surface area contributed by atoms with Crippen molar-refractivity contribution in [1.29, 1.82) is 0 Å². The van der Waals surface area contributed by atoms with Gasteiger partial charge in [-0.3, -0.25) is 4.79 Å². The first-order valence-corrected chi connectivity index (χ1v) is 3.85. The third kappa shape index (κ3) is 3.08. The summed E-state index contributed by atoms with van der Waals surface area (Å²) in [6, 6.07) is 0.0833. The summed E-state index contributed by atoms with van der Waals surface area (Å²) in [6.07, 6.45) is 2.12. The summed E-state index contributed by atoms with van der Waals surface area (Å²) in [5.74, 6) is 0.153. The molecule has 0 radical (unpaired) electrons. The third-order valence-corrected chi connectivity index (χ3v) is 1.73. The Hall–Kier alpha value is -0.280. The molecule has 0 aromatic carbocycles. The maximum absolute atomic E-state index is 11.1. The molecule has 1 rings (SSSR count). The first-order valence-electron chi connectivity index (χ1n) is 3.85. The minimum Gasteiger partial charge on any atom is -0.355 e. The Balaban J connectivity index is 0.000001000. The summed E-state index contributed by atoms with van der Waals surface area (Å²) >= 11 is 0. The Morgan fingerprint density at radius 1 is 1.73 bits per heavy atom. The van der Waals surface area contributed by atoms with Crippen LogP contribution in [0.1, 0.15) is 19.8 Å². The molecule has 0 spiro atoms. The van der Waals surface area contributed by atoms with Gasteiger partial charge in [0.25, 0.3) is 0 Å². The SMILES string of the molecule is CCNC(=O)[C@@H]1CCCN1.Cl. The van der Waals surface area contributed by atoms with E-state index in [1.165, 1.54) is 0 Å². The second kappa shape index (κ2) is 5.38. The van der Waals surface area contributed by atoms with Crippen LogP contribution in [0, 0.1) is 0 Å². The monoisotopic (exact) mass is 178 g/mol. The molecule has 0 saturated carbocycles. The van der Waals surface area contributed by atoms with E-state index in [4.69, 9.17) is 0 Å². The number of hydrogen-bond acceptors (Lipinski definition) is 2. The second-order valence-corrected chi connectivity index (χ2v) is 2.54. The predicted molar refractivity (Wildman–Crippen MR) is 47.0 cm³/mol. The van der Waals surface area contributed by atoms with Crippen molar-refractivity contribution in [1.82, 2.24) is 10.6 Å². The van der Waals surface area contributed by atoms with E-state index in [0.29, 0.717) is 0 Å². The van der Waals surface area contributed by atoms with E-state index >= 15 is 0 Å². The van der Waals surface area contributed by atoms with Gasteiger partial charge in [0, 0.05) is 6.54 Å². The van der Waals surface area contributed by atoms with Crippen LogP contribution in [0.15, 0.2) is 0 Å². The molecule has 1 aliphatic rings. The fourth-order valence-corrected chi connectivity index (χ4v) is 1.21. The zero-order chi connectivity index (χ0) is 7.40. The fourth-order valence-electron chi connectivity index (χ4n) is 1.21. The highest BCUT2D eigenvalue weighted by molar-refractivity contribution is 5.85. The molecule has 1 atom stereocenters. The lowest BCUT2D eigenvalue weighted by Gasteiger charge is -2.08. The average Bonchev–Trinajstić information content (AvgIpc) is 2.38. The number of carbonyl (C=O) groups excluding carboxylic acids is 1. The Morgan fingerprint density at radius 3 is 2.91 bits per heavy atom. The molecule has 3 nitrogen and oxygen atoms in total. The lowest BCUT2D eigenvalue weighted by molar-refractivity contribution is -0.122. The molecule has 2 N–H and O–H groups in total. The van der Waals surface area contributed by atoms with Crippen molar-refractivity contribution in [2.75, 3.05) is 13.1 Å². The summed E-state index contributed by atoms with van der Waals surface area (Å²) in [4.78, 5) is 11.1. The van der Waals surface area contributed by atoms with Crippen molar-refractivity contribution in [3.63, 3.8) is 0 Å². The zero-order valence-corrected chi connectivity index (χ0v) is 7.54. The van der Waals surface area contributed by atoms with E-state index in [-0.39, 0.29) is 24.4 Å². The Kier molecular flexibility index (Phi) is 5.24. The molecule has 66 valence electrons. The van der Waals surface area contributed by atoms with Crippen molar-refractivity contribution in [3.8, 4) is 0 Å². The summed E-state index contributed by atoms with van der Waals surface area (Å²) in [5, 5.41) is 5.92. The lowest BCUT2D eigenvalue weighted by Crippen LogP contribution is -2.40. The van der Waals surface area contributed by atoms with Crippen molar-refractivity contribution in [2.45, 2.75) is 25.8 Å². The Labute approximate surface area is 73.3 Å². The van der Waals surface area contributed by atoms with Crippen molar-refractivity contribution >= 4 is 18.3 Å². The normalized spacial score (nSPS) is 22.5. The van der Waals surface area contributed by atoms with E-state index in [1.807, 2.05) is 6.92 Å². The van der Waals surface area contributed by atoms with Gasteiger partial charge >= 0.3 is 0 Å². The summed E-state index contributed by atoms with van der Waals surface area (Å²) < 4.78 is 0. The maximum atomic E-state index is 11.1. The molecule has 1 fully saturated rings. The number of carbonyl (C=O) groups is 1. The lowest BCUT2D eigenvalue weighted by atomic mass is 10.2. The maximum Gasteiger partial charge on any atom is 0.237 e. The van der Waals surface area contributed by atoms with Crippen molar-refractivity contribution < 1.29 is 4.79 Å². The first-order chi connectivity index (χ1) is 4.84. The molecule has 0 unspecified atom stereocenters. The van der Waals surface area contributed by atoms with Crippen LogP contribution in [0.5, 0.6) is 0 Å². The van der Waals surface area contributed by atoms with E-state index < -0.39 is 0 Å². The van der Waals surface area contributed by atoms with Crippen LogP contribution < -0.4 is 10.6 Å². The topological polar surface area (TPSA) is 41.1 Å². The van der Waals surface area contributed by atoms with Gasteiger partial charge in [-0.05, 0) is 26.3 Å². The first kappa shape index (κ1) is 10.7. The minimum atomic E-state index is 0. The van der Waals surface area contributed by atoms with Gasteiger partial charge in [0.1, 0.15) is 0 Å². The van der Waals surface area contributed by atoms with Gasteiger partial charge in [0.15, 0.2) is 0 Å². The molecule has 1 aliphatic heterocycles. The predicted octanol–water partition coefficient (Wildman–Crippen LogP) is 0.296. The molecular formula is C7H15ClN2O.